The number of unbranched alkanes of at least 4 members (excludes halogenated alkanes) is 2. The summed E-state index contributed by atoms with van der Waals surface area (Å²) < 4.78 is 0. The Balaban J connectivity index is 2.15. The minimum absolute atomic E-state index is 0.599. The summed E-state index contributed by atoms with van der Waals surface area (Å²) in [4.78, 5) is 0. The van der Waals surface area contributed by atoms with Gasteiger partial charge in [-0.05, 0) is 26.3 Å². The van der Waals surface area contributed by atoms with Crippen molar-refractivity contribution in [1.29, 1.82) is 0 Å². The molecule has 0 amide bonds. The second kappa shape index (κ2) is 5.98. The normalized spacial score (nSPS) is 21.7. The van der Waals surface area contributed by atoms with E-state index in [-0.39, 0.29) is 0 Å². The van der Waals surface area contributed by atoms with E-state index in [1.165, 1.54) is 24.8 Å². The molecular weight excluding hydrogens is 158 g/mol. The maximum atomic E-state index is 3.59. The molecule has 0 heterocycles. The lowest BCUT2D eigenvalue weighted by molar-refractivity contribution is 0.542. The number of allylic oxidation sites excluding steroid dienone is 2. The van der Waals surface area contributed by atoms with Gasteiger partial charge in [0.25, 0.3) is 0 Å². The van der Waals surface area contributed by atoms with E-state index in [0.29, 0.717) is 6.04 Å². The van der Waals surface area contributed by atoms with Crippen molar-refractivity contribution in [2.75, 3.05) is 6.54 Å². The number of hydrogen-bond acceptors (Lipinski definition) is 1. The van der Waals surface area contributed by atoms with Gasteiger partial charge in [0.1, 0.15) is 0 Å². The molecule has 0 radical (unpaired) electrons. The van der Waals surface area contributed by atoms with E-state index in [2.05, 4.69) is 37.4 Å². The van der Waals surface area contributed by atoms with Crippen molar-refractivity contribution in [1.82, 2.24) is 5.32 Å². The van der Waals surface area contributed by atoms with Crippen molar-refractivity contribution in [2.24, 2.45) is 0 Å². The first kappa shape index (κ1) is 10.5. The van der Waals surface area contributed by atoms with Gasteiger partial charge in [0, 0.05) is 6.04 Å². The standard InChI is InChI=1S/C12H21N/c1-3-4-7-10-13-12-9-6-5-8-11(12)2/h5-6,8,12-13H,3-4,7,9-10H2,1-2H3. The Morgan fingerprint density at radius 2 is 2.31 bits per heavy atom. The zero-order chi connectivity index (χ0) is 9.52. The number of rotatable bonds is 5. The van der Waals surface area contributed by atoms with E-state index in [9.17, 15) is 0 Å². The minimum Gasteiger partial charge on any atom is -0.310 e. The molecule has 0 spiro atoms. The van der Waals surface area contributed by atoms with Crippen molar-refractivity contribution >= 4 is 0 Å². The quantitative estimate of drug-likeness (QED) is 0.640. The van der Waals surface area contributed by atoms with Crippen LogP contribution in [0.25, 0.3) is 0 Å². The fourth-order valence-electron chi connectivity index (χ4n) is 1.63. The highest BCUT2D eigenvalue weighted by Gasteiger charge is 2.09. The lowest BCUT2D eigenvalue weighted by Gasteiger charge is -2.20. The van der Waals surface area contributed by atoms with Crippen molar-refractivity contribution in [3.05, 3.63) is 23.8 Å². The fraction of sp³-hybridized carbons (Fsp3) is 0.667. The summed E-state index contributed by atoms with van der Waals surface area (Å²) in [6.07, 6.45) is 11.7. The van der Waals surface area contributed by atoms with Gasteiger partial charge in [-0.2, -0.15) is 0 Å². The Morgan fingerprint density at radius 3 is 3.00 bits per heavy atom. The third-order valence-electron chi connectivity index (χ3n) is 2.59. The van der Waals surface area contributed by atoms with Gasteiger partial charge in [-0.1, -0.05) is 43.6 Å². The minimum atomic E-state index is 0.599. The predicted octanol–water partition coefficient (Wildman–Crippen LogP) is 3.04. The third kappa shape index (κ3) is 3.77. The molecule has 0 saturated heterocycles. The average Bonchev–Trinajstić information content (AvgIpc) is 2.15. The molecule has 1 nitrogen and oxygen atoms in total. The highest BCUT2D eigenvalue weighted by molar-refractivity contribution is 5.21. The molecule has 0 aliphatic heterocycles. The molecule has 74 valence electrons. The van der Waals surface area contributed by atoms with Crippen LogP contribution in [0.5, 0.6) is 0 Å². The summed E-state index contributed by atoms with van der Waals surface area (Å²) in [6, 6.07) is 0.599. The van der Waals surface area contributed by atoms with Gasteiger partial charge in [0.15, 0.2) is 0 Å². The third-order valence-corrected chi connectivity index (χ3v) is 2.59. The van der Waals surface area contributed by atoms with Crippen LogP contribution in [0.3, 0.4) is 0 Å². The van der Waals surface area contributed by atoms with Crippen LogP contribution in [0.15, 0.2) is 23.8 Å². The Bertz CT molecular complexity index is 191. The van der Waals surface area contributed by atoms with Gasteiger partial charge in [-0.3, -0.25) is 0 Å². The molecule has 1 N–H and O–H groups in total. The van der Waals surface area contributed by atoms with E-state index in [1.807, 2.05) is 0 Å². The Labute approximate surface area is 81.9 Å². The molecule has 1 aliphatic rings. The topological polar surface area (TPSA) is 12.0 Å². The van der Waals surface area contributed by atoms with Gasteiger partial charge >= 0.3 is 0 Å². The maximum Gasteiger partial charge on any atom is 0.0314 e. The Hall–Kier alpha value is -0.560. The van der Waals surface area contributed by atoms with Gasteiger partial charge in [-0.25, -0.2) is 0 Å². The van der Waals surface area contributed by atoms with E-state index in [1.54, 1.807) is 0 Å². The molecule has 0 fully saturated rings. The summed E-state index contributed by atoms with van der Waals surface area (Å²) >= 11 is 0. The zero-order valence-corrected chi connectivity index (χ0v) is 8.84. The maximum absolute atomic E-state index is 3.59. The second-order valence-corrected chi connectivity index (χ2v) is 3.79. The molecule has 0 saturated carbocycles. The van der Waals surface area contributed by atoms with Crippen LogP contribution < -0.4 is 5.32 Å². The van der Waals surface area contributed by atoms with Gasteiger partial charge in [0.2, 0.25) is 0 Å². The van der Waals surface area contributed by atoms with Gasteiger partial charge in [-0.15, -0.1) is 0 Å². The molecule has 0 aromatic carbocycles. The van der Waals surface area contributed by atoms with Crippen molar-refractivity contribution < 1.29 is 0 Å². The lowest BCUT2D eigenvalue weighted by atomic mass is 10.0. The van der Waals surface area contributed by atoms with Crippen LogP contribution in [0.4, 0.5) is 0 Å². The average molecular weight is 179 g/mol. The molecule has 1 aliphatic carbocycles. The molecule has 1 heteroatoms. The van der Waals surface area contributed by atoms with Crippen LogP contribution in [-0.2, 0) is 0 Å². The Morgan fingerprint density at radius 1 is 1.46 bits per heavy atom. The van der Waals surface area contributed by atoms with Crippen LogP contribution in [0, 0.1) is 0 Å². The summed E-state index contributed by atoms with van der Waals surface area (Å²) in [5, 5.41) is 3.59. The molecule has 1 atom stereocenters. The highest BCUT2D eigenvalue weighted by Crippen LogP contribution is 2.11. The molecular formula is C12H21N. The summed E-state index contributed by atoms with van der Waals surface area (Å²) in [6.45, 7) is 5.62. The summed E-state index contributed by atoms with van der Waals surface area (Å²) in [5.74, 6) is 0. The predicted molar refractivity (Wildman–Crippen MR) is 58.8 cm³/mol. The fourth-order valence-corrected chi connectivity index (χ4v) is 1.63. The lowest BCUT2D eigenvalue weighted by Crippen LogP contribution is -2.31. The van der Waals surface area contributed by atoms with Gasteiger partial charge < -0.3 is 5.32 Å². The molecule has 1 unspecified atom stereocenters. The monoisotopic (exact) mass is 179 g/mol. The highest BCUT2D eigenvalue weighted by atomic mass is 14.9. The van der Waals surface area contributed by atoms with Crippen molar-refractivity contribution in [3.8, 4) is 0 Å². The first-order chi connectivity index (χ1) is 6.34. The SMILES string of the molecule is CCCCCNC1CC=CC=C1C. The number of hydrogen-bond donors (Lipinski definition) is 1. The van der Waals surface area contributed by atoms with E-state index in [0.717, 1.165) is 13.0 Å². The van der Waals surface area contributed by atoms with Crippen LogP contribution in [0.2, 0.25) is 0 Å². The first-order valence-electron chi connectivity index (χ1n) is 5.41. The van der Waals surface area contributed by atoms with Crippen LogP contribution in [0.1, 0.15) is 39.5 Å². The van der Waals surface area contributed by atoms with E-state index >= 15 is 0 Å². The largest absolute Gasteiger partial charge is 0.310 e. The molecule has 1 rings (SSSR count). The number of nitrogens with one attached hydrogen (secondary N) is 1. The molecule has 0 aromatic heterocycles. The van der Waals surface area contributed by atoms with Crippen molar-refractivity contribution in [3.63, 3.8) is 0 Å². The molecule has 13 heavy (non-hydrogen) atoms. The molecule has 0 aromatic rings. The molecule has 0 bridgehead atoms. The van der Waals surface area contributed by atoms with Crippen LogP contribution >= 0.6 is 0 Å². The van der Waals surface area contributed by atoms with E-state index < -0.39 is 0 Å². The van der Waals surface area contributed by atoms with E-state index in [4.69, 9.17) is 0 Å². The van der Waals surface area contributed by atoms with Crippen LogP contribution in [-0.4, -0.2) is 12.6 Å². The van der Waals surface area contributed by atoms with Gasteiger partial charge in [0.05, 0.1) is 0 Å². The first-order valence-corrected chi connectivity index (χ1v) is 5.41. The second-order valence-electron chi connectivity index (χ2n) is 3.79. The summed E-state index contributed by atoms with van der Waals surface area (Å²) in [5.41, 5.74) is 1.47. The Kier molecular flexibility index (Phi) is 4.84. The smallest absolute Gasteiger partial charge is 0.0314 e. The van der Waals surface area contributed by atoms with Crippen molar-refractivity contribution in [2.45, 2.75) is 45.6 Å². The summed E-state index contributed by atoms with van der Waals surface area (Å²) in [7, 11) is 0. The zero-order valence-electron chi connectivity index (χ0n) is 8.84.